The van der Waals surface area contributed by atoms with E-state index in [2.05, 4.69) is 21.3 Å². The van der Waals surface area contributed by atoms with E-state index in [9.17, 15) is 37.8 Å². The van der Waals surface area contributed by atoms with E-state index in [1.165, 1.54) is 61.8 Å². The minimum absolute atomic E-state index is 0.00787. The molecule has 490 valence electrons. The van der Waals surface area contributed by atoms with Crippen molar-refractivity contribution in [3.63, 3.8) is 0 Å². The number of benzene rings is 1. The van der Waals surface area contributed by atoms with E-state index in [1.54, 1.807) is 44.5 Å². The number of ether oxygens (including phenoxy) is 1. The van der Waals surface area contributed by atoms with Gasteiger partial charge in [-0.1, -0.05) is 92.1 Å². The highest BCUT2D eigenvalue weighted by Gasteiger charge is 2.68. The van der Waals surface area contributed by atoms with Gasteiger partial charge in [-0.2, -0.15) is 0 Å². The number of likely N-dealkylation sites (tertiary alicyclic amines) is 1. The van der Waals surface area contributed by atoms with Crippen LogP contribution in [0.3, 0.4) is 0 Å². The van der Waals surface area contributed by atoms with Gasteiger partial charge in [0.2, 0.25) is 53.2 Å². The van der Waals surface area contributed by atoms with Crippen LogP contribution in [0.1, 0.15) is 154 Å². The monoisotopic (exact) mass is 1240 g/mol. The van der Waals surface area contributed by atoms with Gasteiger partial charge in [0.05, 0.1) is 24.0 Å². The van der Waals surface area contributed by atoms with Crippen LogP contribution in [0.2, 0.25) is 0 Å². The number of likely N-dealkylation sites (N-methyl/N-ethyl adjacent to an activating group) is 6. The zero-order valence-electron chi connectivity index (χ0n) is 56.0. The smallest absolute Gasteiger partial charge is 0.251 e. The minimum atomic E-state index is -2.00. The molecule has 3 unspecified atom stereocenters. The normalized spacial score (nSPS) is 22.5. The van der Waals surface area contributed by atoms with Crippen molar-refractivity contribution in [2.45, 2.75) is 207 Å². The fraction of sp³-hybridized carbons (Fsp3) is 0.750. The molecule has 3 fully saturated rings. The molecule has 1 aromatic carbocycles. The fourth-order valence-corrected chi connectivity index (χ4v) is 13.2. The first-order valence-corrected chi connectivity index (χ1v) is 32.7. The zero-order chi connectivity index (χ0) is 66.1. The first-order valence-electron chi connectivity index (χ1n) is 31.2. The van der Waals surface area contributed by atoms with E-state index in [4.69, 9.17) is 4.74 Å². The lowest BCUT2D eigenvalue weighted by molar-refractivity contribution is -0.155. The SMILES string of the molecule is CC[C@H](C)C(C)(C(=O)N[C@@H](CS(=O)CC(=O)N(C)[C@@H](C)C(=O)NC)C(=O)N1CCCCC1)N(C)C(=O)[C@@]1(NC(=O)[C@H](CC(C)C)N(C)C(=O)CN(C)C(=O)[C@](C)(CC)NC(=O)C2(N(C)C(=O)[C@@H](C)Cc3ccccc3)C[C@H]2C(C)C)C[C@H]1OC(C)(C)C. The number of rotatable bonds is 30. The maximum absolute atomic E-state index is 15.5. The van der Waals surface area contributed by atoms with Crippen molar-refractivity contribution >= 4 is 69.9 Å². The molecule has 1 saturated heterocycles. The van der Waals surface area contributed by atoms with Crippen molar-refractivity contribution in [2.24, 2.45) is 29.6 Å². The number of hydrogen-bond donors (Lipinski definition) is 4. The lowest BCUT2D eigenvalue weighted by atomic mass is 9.82. The molecule has 1 heterocycles. The highest BCUT2D eigenvalue weighted by atomic mass is 32.2. The van der Waals surface area contributed by atoms with Gasteiger partial charge in [0.25, 0.3) is 5.91 Å². The van der Waals surface area contributed by atoms with E-state index < -0.39 is 146 Å². The predicted octanol–water partition coefficient (Wildman–Crippen LogP) is 3.90. The summed E-state index contributed by atoms with van der Waals surface area (Å²) in [5, 5.41) is 11.4. The standard InChI is InChI=1S/C64H106N10O12S/c1-21-43(8)62(14,56(81)66-47(55(80)74-31-27-24-28-32-74)38-87(85)39-51(76)70(17)44(9)52(77)65-15)73(20)59(84)63(36-49(63)86-60(10,11)12)67-53(78)48(33-40(3)4)71(18)50(75)37-69(16)58(83)61(13,22-2)68-57(82)64(35-46(64)41(5)6)72(19)54(79)42(7)34-45-29-25-23-26-30-45/h23,25-26,29-30,40-44,46-49H,21-22,24,27-28,31-39H2,1-20H3,(H,65,77)(H,66,81)(H,67,78)(H,68,82)/t42-,43-,44-,46-,47-,48-,49+,61-,62?,63+,64?,87?/m0/s1. The van der Waals surface area contributed by atoms with E-state index in [1.807, 2.05) is 92.6 Å². The maximum Gasteiger partial charge on any atom is 0.251 e. The largest absolute Gasteiger partial charge is 0.370 e. The molecule has 3 aliphatic rings. The van der Waals surface area contributed by atoms with Gasteiger partial charge in [0.15, 0.2) is 0 Å². The summed E-state index contributed by atoms with van der Waals surface area (Å²) in [5.74, 6) is -7.62. The van der Waals surface area contributed by atoms with Crippen LogP contribution in [0, 0.1) is 29.6 Å². The molecule has 4 N–H and O–H groups in total. The molecular formula is C64H106N10O12S. The van der Waals surface area contributed by atoms with Gasteiger partial charge in [0.1, 0.15) is 46.0 Å². The van der Waals surface area contributed by atoms with Gasteiger partial charge in [-0.15, -0.1) is 0 Å². The van der Waals surface area contributed by atoms with Crippen molar-refractivity contribution in [1.82, 2.24) is 50.7 Å². The van der Waals surface area contributed by atoms with Crippen LogP contribution >= 0.6 is 0 Å². The Kier molecular flexibility index (Phi) is 25.4. The molecule has 22 nitrogen and oxygen atoms in total. The Morgan fingerprint density at radius 1 is 0.793 bits per heavy atom. The average Bonchev–Trinajstić information content (AvgIpc) is 1.60. The van der Waals surface area contributed by atoms with Gasteiger partial charge < -0.3 is 55.4 Å². The van der Waals surface area contributed by atoms with Crippen LogP contribution in [0.15, 0.2) is 30.3 Å². The van der Waals surface area contributed by atoms with Crippen LogP contribution in [0.4, 0.5) is 0 Å². The molecule has 0 spiro atoms. The molecule has 2 aliphatic carbocycles. The second-order valence-electron chi connectivity index (χ2n) is 27.1. The van der Waals surface area contributed by atoms with E-state index in [-0.39, 0.29) is 42.9 Å². The summed E-state index contributed by atoms with van der Waals surface area (Å²) in [4.78, 5) is 152. The second kappa shape index (κ2) is 30.0. The minimum Gasteiger partial charge on any atom is -0.370 e. The number of piperidine rings is 1. The molecule has 10 amide bonds. The van der Waals surface area contributed by atoms with Crippen molar-refractivity contribution in [3.8, 4) is 0 Å². The summed E-state index contributed by atoms with van der Waals surface area (Å²) >= 11 is 0. The van der Waals surface area contributed by atoms with Gasteiger partial charge in [-0.25, -0.2) is 0 Å². The summed E-state index contributed by atoms with van der Waals surface area (Å²) in [6, 6.07) is 6.26. The maximum atomic E-state index is 15.5. The molecule has 87 heavy (non-hydrogen) atoms. The number of hydrogen-bond acceptors (Lipinski definition) is 12. The lowest BCUT2D eigenvalue weighted by Crippen LogP contribution is -2.68. The van der Waals surface area contributed by atoms with Gasteiger partial charge in [-0.3, -0.25) is 52.2 Å². The summed E-state index contributed by atoms with van der Waals surface area (Å²) in [6.45, 7) is 25.5. The van der Waals surface area contributed by atoms with Crippen LogP contribution in [0.5, 0.6) is 0 Å². The number of nitrogens with zero attached hydrogens (tertiary/aromatic N) is 6. The topological polar surface area (TPSA) is 265 Å². The molecule has 1 aliphatic heterocycles. The van der Waals surface area contributed by atoms with Crippen LogP contribution in [-0.2, 0) is 69.9 Å². The first-order chi connectivity index (χ1) is 40.3. The third kappa shape index (κ3) is 17.3. The van der Waals surface area contributed by atoms with Crippen molar-refractivity contribution in [1.29, 1.82) is 0 Å². The Labute approximate surface area is 520 Å². The van der Waals surface area contributed by atoms with Crippen LogP contribution < -0.4 is 21.3 Å². The van der Waals surface area contributed by atoms with Gasteiger partial charge in [-0.05, 0) is 116 Å². The molecule has 0 bridgehead atoms. The molecule has 1 aromatic rings. The lowest BCUT2D eigenvalue weighted by Gasteiger charge is -2.44. The van der Waals surface area contributed by atoms with Crippen molar-refractivity contribution < 1.29 is 56.9 Å². The summed E-state index contributed by atoms with van der Waals surface area (Å²) in [5.41, 5.74) is -5.96. The van der Waals surface area contributed by atoms with Gasteiger partial charge in [0, 0.05) is 78.5 Å². The average molecular weight is 1240 g/mol. The Balaban J connectivity index is 1.61. The summed E-state index contributed by atoms with van der Waals surface area (Å²) in [6.07, 6.45) is 3.05. The highest BCUT2D eigenvalue weighted by molar-refractivity contribution is 7.85. The Bertz CT molecular complexity index is 2680. The molecule has 2 saturated carbocycles. The summed E-state index contributed by atoms with van der Waals surface area (Å²) in [7, 11) is 6.86. The van der Waals surface area contributed by atoms with Crippen LogP contribution in [0.25, 0.3) is 0 Å². The second-order valence-corrected chi connectivity index (χ2v) is 28.6. The number of amides is 10. The Morgan fingerprint density at radius 2 is 1.39 bits per heavy atom. The van der Waals surface area contributed by atoms with Gasteiger partial charge >= 0.3 is 0 Å². The molecule has 23 heteroatoms. The van der Waals surface area contributed by atoms with E-state index in [0.29, 0.717) is 32.4 Å². The Hall–Kier alpha value is -5.97. The number of nitrogens with one attached hydrogen (secondary N) is 4. The first kappa shape index (κ1) is 73.5. The van der Waals surface area contributed by atoms with Crippen LogP contribution in [-0.4, -0.2) is 218 Å². The number of carbonyl (C=O) groups excluding carboxylic acids is 10. The molecule has 0 radical (unpaired) electrons. The summed E-state index contributed by atoms with van der Waals surface area (Å²) < 4.78 is 20.3. The molecular weight excluding hydrogens is 1130 g/mol. The molecule has 12 atom stereocenters. The quantitative estimate of drug-likeness (QED) is 0.0855. The highest BCUT2D eigenvalue weighted by Crippen LogP contribution is 2.53. The van der Waals surface area contributed by atoms with Crippen molar-refractivity contribution in [3.05, 3.63) is 35.9 Å². The third-order valence-corrected chi connectivity index (χ3v) is 20.0. The van der Waals surface area contributed by atoms with E-state index >= 15 is 14.4 Å². The van der Waals surface area contributed by atoms with E-state index in [0.717, 1.165) is 24.8 Å². The molecule has 4 rings (SSSR count). The number of carbonyl (C=O) groups is 10. The molecule has 0 aromatic heterocycles. The predicted molar refractivity (Wildman–Crippen MR) is 336 cm³/mol. The zero-order valence-corrected chi connectivity index (χ0v) is 56.8. The Morgan fingerprint density at radius 3 is 1.91 bits per heavy atom. The third-order valence-electron chi connectivity index (χ3n) is 18.7. The van der Waals surface area contributed by atoms with Crippen molar-refractivity contribution in [2.75, 3.05) is 73.4 Å². The fourth-order valence-electron chi connectivity index (χ4n) is 12.0.